The average Bonchev–Trinajstić information content (AvgIpc) is 3.06. The Morgan fingerprint density at radius 2 is 2.14 bits per heavy atom. The molecular formula is C15H14N2O3S. The third-order valence-corrected chi connectivity index (χ3v) is 4.01. The van der Waals surface area contributed by atoms with Gasteiger partial charge in [0.25, 0.3) is 11.8 Å². The number of hydrogen-bond acceptors (Lipinski definition) is 4. The van der Waals surface area contributed by atoms with Gasteiger partial charge in [-0.15, -0.1) is 0 Å². The van der Waals surface area contributed by atoms with Gasteiger partial charge in [0.2, 0.25) is 0 Å². The van der Waals surface area contributed by atoms with E-state index in [2.05, 4.69) is 5.32 Å². The maximum absolute atomic E-state index is 12.6. The van der Waals surface area contributed by atoms with E-state index in [1.165, 1.54) is 11.3 Å². The summed E-state index contributed by atoms with van der Waals surface area (Å²) in [6.07, 6.45) is -0.701. The molecule has 0 saturated carbocycles. The van der Waals surface area contributed by atoms with E-state index in [1.54, 1.807) is 29.5 Å². The van der Waals surface area contributed by atoms with Crippen molar-refractivity contribution >= 4 is 28.8 Å². The molecule has 3 rings (SSSR count). The highest BCUT2D eigenvalue weighted by Gasteiger charge is 2.33. The van der Waals surface area contributed by atoms with Gasteiger partial charge in [0.15, 0.2) is 6.10 Å². The fraction of sp³-hybridized carbons (Fsp3) is 0.200. The largest absolute Gasteiger partial charge is 0.477 e. The zero-order valence-corrected chi connectivity index (χ0v) is 12.2. The van der Waals surface area contributed by atoms with Crippen molar-refractivity contribution in [2.45, 2.75) is 6.10 Å². The number of rotatable bonds is 2. The molecule has 2 aromatic rings. The number of likely N-dealkylation sites (N-methyl/N-ethyl adjacent to an activating group) is 1. The van der Waals surface area contributed by atoms with E-state index in [9.17, 15) is 9.59 Å². The Balaban J connectivity index is 1.98. The highest BCUT2D eigenvalue weighted by atomic mass is 32.1. The van der Waals surface area contributed by atoms with Crippen LogP contribution in [0, 0.1) is 0 Å². The minimum atomic E-state index is -0.701. The highest BCUT2D eigenvalue weighted by Crippen LogP contribution is 2.34. The number of para-hydroxylation sites is 2. The van der Waals surface area contributed by atoms with Crippen molar-refractivity contribution < 1.29 is 14.3 Å². The molecule has 5 nitrogen and oxygen atoms in total. The first-order chi connectivity index (χ1) is 10.2. The fourth-order valence-electron chi connectivity index (χ4n) is 2.27. The number of ether oxygens (including phenoxy) is 1. The topological polar surface area (TPSA) is 58.6 Å². The molecule has 1 aromatic carbocycles. The molecule has 1 aliphatic rings. The van der Waals surface area contributed by atoms with Gasteiger partial charge in [0.05, 0.1) is 17.8 Å². The van der Waals surface area contributed by atoms with Gasteiger partial charge in [-0.1, -0.05) is 12.1 Å². The second kappa shape index (κ2) is 5.57. The molecule has 1 atom stereocenters. The van der Waals surface area contributed by atoms with Crippen LogP contribution in [0.15, 0.2) is 41.1 Å². The monoisotopic (exact) mass is 302 g/mol. The number of amides is 2. The van der Waals surface area contributed by atoms with Crippen molar-refractivity contribution in [2.75, 3.05) is 18.5 Å². The summed E-state index contributed by atoms with van der Waals surface area (Å²) in [5.74, 6) is 0.175. The molecule has 6 heteroatoms. The predicted octanol–water partition coefficient (Wildman–Crippen LogP) is 1.90. The molecule has 1 aromatic heterocycles. The van der Waals surface area contributed by atoms with Crippen LogP contribution in [0.2, 0.25) is 0 Å². The zero-order chi connectivity index (χ0) is 14.8. The van der Waals surface area contributed by atoms with Gasteiger partial charge in [0, 0.05) is 12.4 Å². The highest BCUT2D eigenvalue weighted by molar-refractivity contribution is 7.08. The lowest BCUT2D eigenvalue weighted by Crippen LogP contribution is -2.50. The number of carbonyl (C=O) groups excluding carboxylic acids is 2. The summed E-state index contributed by atoms with van der Waals surface area (Å²) in [5.41, 5.74) is 1.31. The first-order valence-electron chi connectivity index (χ1n) is 6.52. The molecule has 0 aliphatic carbocycles. The van der Waals surface area contributed by atoms with Gasteiger partial charge in [-0.3, -0.25) is 9.59 Å². The Morgan fingerprint density at radius 3 is 2.86 bits per heavy atom. The minimum Gasteiger partial charge on any atom is -0.477 e. The molecule has 0 fully saturated rings. The lowest BCUT2D eigenvalue weighted by Gasteiger charge is -2.33. The van der Waals surface area contributed by atoms with Crippen molar-refractivity contribution in [2.24, 2.45) is 0 Å². The summed E-state index contributed by atoms with van der Waals surface area (Å²) in [4.78, 5) is 26.1. The number of thiophene rings is 1. The second-order valence-corrected chi connectivity index (χ2v) is 5.40. The van der Waals surface area contributed by atoms with Crippen molar-refractivity contribution in [3.05, 3.63) is 46.7 Å². The normalized spacial score (nSPS) is 16.8. The Hall–Kier alpha value is -2.34. The van der Waals surface area contributed by atoms with Gasteiger partial charge in [-0.05, 0) is 23.6 Å². The number of nitrogens with zero attached hydrogens (tertiary/aromatic N) is 1. The molecule has 2 heterocycles. The van der Waals surface area contributed by atoms with Crippen LogP contribution in [0.4, 0.5) is 5.69 Å². The number of fused-ring (bicyclic) bond motifs is 1. The summed E-state index contributed by atoms with van der Waals surface area (Å²) >= 11 is 1.47. The van der Waals surface area contributed by atoms with Crippen LogP contribution in [-0.2, 0) is 4.79 Å². The summed E-state index contributed by atoms with van der Waals surface area (Å²) in [6.45, 7) is 0.200. The van der Waals surface area contributed by atoms with E-state index in [0.29, 0.717) is 17.0 Å². The Kier molecular flexibility index (Phi) is 3.62. The van der Waals surface area contributed by atoms with Gasteiger partial charge in [-0.2, -0.15) is 11.3 Å². The van der Waals surface area contributed by atoms with Gasteiger partial charge >= 0.3 is 0 Å². The summed E-state index contributed by atoms with van der Waals surface area (Å²) in [5, 5.41) is 6.22. The maximum Gasteiger partial charge on any atom is 0.262 e. The third kappa shape index (κ3) is 2.50. The maximum atomic E-state index is 12.6. The Bertz CT molecular complexity index is 669. The first-order valence-corrected chi connectivity index (χ1v) is 7.46. The van der Waals surface area contributed by atoms with E-state index >= 15 is 0 Å². The minimum absolute atomic E-state index is 0.124. The van der Waals surface area contributed by atoms with Crippen LogP contribution in [0.1, 0.15) is 10.4 Å². The van der Waals surface area contributed by atoms with Gasteiger partial charge in [-0.25, -0.2) is 0 Å². The number of nitrogens with one attached hydrogen (secondary N) is 1. The molecule has 0 radical (unpaired) electrons. The smallest absolute Gasteiger partial charge is 0.262 e. The predicted molar refractivity (Wildman–Crippen MR) is 80.9 cm³/mol. The quantitative estimate of drug-likeness (QED) is 0.922. The Labute approximate surface area is 126 Å². The van der Waals surface area contributed by atoms with Crippen molar-refractivity contribution in [1.29, 1.82) is 0 Å². The molecule has 0 spiro atoms. The van der Waals surface area contributed by atoms with E-state index in [-0.39, 0.29) is 18.4 Å². The molecule has 1 aliphatic heterocycles. The zero-order valence-electron chi connectivity index (χ0n) is 11.4. The second-order valence-electron chi connectivity index (χ2n) is 4.62. The molecule has 2 amide bonds. The molecular weight excluding hydrogens is 288 g/mol. The van der Waals surface area contributed by atoms with Crippen LogP contribution >= 0.6 is 11.3 Å². The molecule has 21 heavy (non-hydrogen) atoms. The summed E-state index contributed by atoms with van der Waals surface area (Å²) in [6, 6.07) is 9.02. The molecule has 0 bridgehead atoms. The average molecular weight is 302 g/mol. The standard InChI is InChI=1S/C15H14N2O3S/c1-16-14(18)13-8-17(15(19)10-6-7-21-9-10)11-4-2-3-5-12(11)20-13/h2-7,9,13H,8H2,1H3,(H,16,18). The fourth-order valence-corrected chi connectivity index (χ4v) is 2.90. The van der Waals surface area contributed by atoms with E-state index in [0.717, 1.165) is 0 Å². The van der Waals surface area contributed by atoms with Crippen LogP contribution in [0.25, 0.3) is 0 Å². The van der Waals surface area contributed by atoms with E-state index in [1.807, 2.05) is 23.6 Å². The van der Waals surface area contributed by atoms with Gasteiger partial charge in [0.1, 0.15) is 5.75 Å². The van der Waals surface area contributed by atoms with Crippen molar-refractivity contribution in [1.82, 2.24) is 5.32 Å². The summed E-state index contributed by atoms with van der Waals surface area (Å²) < 4.78 is 5.68. The lowest BCUT2D eigenvalue weighted by atomic mass is 10.1. The number of anilines is 1. The number of carbonyl (C=O) groups is 2. The first kappa shape index (κ1) is 13.6. The summed E-state index contributed by atoms with van der Waals surface area (Å²) in [7, 11) is 1.55. The number of hydrogen-bond donors (Lipinski definition) is 1. The van der Waals surface area contributed by atoms with Crippen molar-refractivity contribution in [3.8, 4) is 5.75 Å². The molecule has 1 unspecified atom stereocenters. The molecule has 1 N–H and O–H groups in total. The molecule has 108 valence electrons. The van der Waals surface area contributed by atoms with E-state index < -0.39 is 6.10 Å². The third-order valence-electron chi connectivity index (χ3n) is 3.33. The molecule has 0 saturated heterocycles. The number of benzene rings is 1. The van der Waals surface area contributed by atoms with Crippen LogP contribution in [-0.4, -0.2) is 31.5 Å². The van der Waals surface area contributed by atoms with Crippen LogP contribution in [0.5, 0.6) is 5.75 Å². The van der Waals surface area contributed by atoms with Crippen molar-refractivity contribution in [3.63, 3.8) is 0 Å². The Morgan fingerprint density at radius 1 is 1.33 bits per heavy atom. The SMILES string of the molecule is CNC(=O)C1CN(C(=O)c2ccsc2)c2ccccc2O1. The van der Waals surface area contributed by atoms with Gasteiger partial charge < -0.3 is 15.0 Å². The lowest BCUT2D eigenvalue weighted by molar-refractivity contribution is -0.127. The van der Waals surface area contributed by atoms with Crippen LogP contribution in [0.3, 0.4) is 0 Å². The van der Waals surface area contributed by atoms with Crippen LogP contribution < -0.4 is 15.0 Å². The van der Waals surface area contributed by atoms with E-state index in [4.69, 9.17) is 4.74 Å².